The summed E-state index contributed by atoms with van der Waals surface area (Å²) in [5, 5.41) is 21.5. The number of allylic oxidation sites excluding steroid dienone is 2. The van der Waals surface area contributed by atoms with Crippen molar-refractivity contribution >= 4 is 25.7 Å². The quantitative estimate of drug-likeness (QED) is 0.0209. The molecule has 0 aromatic rings. The summed E-state index contributed by atoms with van der Waals surface area (Å²) in [6, 6.07) is -1.54. The van der Waals surface area contributed by atoms with Gasteiger partial charge < -0.3 is 25.2 Å². The Morgan fingerprint density at radius 1 is 0.620 bits per heavy atom. The Morgan fingerprint density at radius 3 is 1.54 bits per heavy atom. The lowest BCUT2D eigenvalue weighted by Crippen LogP contribution is -2.43. The fraction of sp³-hybridized carbons (Fsp3) is 0.868. The Bertz CT molecular complexity index is 916. The van der Waals surface area contributed by atoms with Crippen LogP contribution in [0.1, 0.15) is 181 Å². The van der Waals surface area contributed by atoms with Crippen LogP contribution in [0.3, 0.4) is 0 Å². The number of carbonyl (C=O) groups excluding carboxylic acids is 2. The summed E-state index contributed by atoms with van der Waals surface area (Å²) in [5.41, 5.74) is 0. The average Bonchev–Trinajstić information content (AvgIpc) is 3.08. The third kappa shape index (κ3) is 33.4. The van der Waals surface area contributed by atoms with Crippen LogP contribution >= 0.6 is 7.82 Å². The van der Waals surface area contributed by atoms with Gasteiger partial charge >= 0.3 is 19.8 Å². The van der Waals surface area contributed by atoms with Crippen molar-refractivity contribution in [2.24, 2.45) is 0 Å². The van der Waals surface area contributed by atoms with Crippen LogP contribution in [0.15, 0.2) is 12.2 Å². The third-order valence-corrected chi connectivity index (χ3v) is 9.51. The third-order valence-electron chi connectivity index (χ3n) is 8.55. The number of nitrogens with one attached hydrogen (secondary N) is 1. The largest absolute Gasteiger partial charge is 0.480 e. The molecule has 0 rings (SSSR count). The molecule has 0 bridgehead atoms. The Kier molecular flexibility index (Phi) is 33.1. The van der Waals surface area contributed by atoms with Gasteiger partial charge in [-0.2, -0.15) is 0 Å². The van der Waals surface area contributed by atoms with E-state index >= 15 is 0 Å². The number of hydrogen-bond acceptors (Lipinski definition) is 8. The second kappa shape index (κ2) is 34.3. The zero-order valence-corrected chi connectivity index (χ0v) is 32.4. The van der Waals surface area contributed by atoms with Gasteiger partial charge in [0.15, 0.2) is 6.04 Å². The number of ether oxygens (including phenoxy) is 1. The molecule has 0 spiro atoms. The summed E-state index contributed by atoms with van der Waals surface area (Å²) in [6.45, 7) is 2.35. The van der Waals surface area contributed by atoms with Crippen LogP contribution in [0.5, 0.6) is 0 Å². The number of aliphatic hydroxyl groups is 1. The van der Waals surface area contributed by atoms with Crippen molar-refractivity contribution in [3.8, 4) is 0 Å². The molecule has 0 fully saturated rings. The minimum absolute atomic E-state index is 0.133. The zero-order chi connectivity index (χ0) is 37.1. The van der Waals surface area contributed by atoms with Crippen LogP contribution in [0.4, 0.5) is 0 Å². The van der Waals surface area contributed by atoms with Crippen LogP contribution in [-0.2, 0) is 32.7 Å². The molecule has 11 nitrogen and oxygen atoms in total. The first-order valence-electron chi connectivity index (χ1n) is 19.7. The van der Waals surface area contributed by atoms with Gasteiger partial charge in [0, 0.05) is 12.8 Å². The van der Waals surface area contributed by atoms with E-state index in [4.69, 9.17) is 9.26 Å². The molecule has 3 unspecified atom stereocenters. The van der Waals surface area contributed by atoms with Crippen molar-refractivity contribution in [3.05, 3.63) is 12.2 Å². The maximum Gasteiger partial charge on any atom is 0.472 e. The van der Waals surface area contributed by atoms with Gasteiger partial charge in [0.05, 0.1) is 13.2 Å². The summed E-state index contributed by atoms with van der Waals surface area (Å²) in [7, 11) is -4.73. The predicted molar refractivity (Wildman–Crippen MR) is 199 cm³/mol. The topological polar surface area (TPSA) is 169 Å². The van der Waals surface area contributed by atoms with E-state index in [0.717, 1.165) is 32.1 Å². The summed E-state index contributed by atoms with van der Waals surface area (Å²) in [4.78, 5) is 45.0. The van der Waals surface area contributed by atoms with Crippen LogP contribution < -0.4 is 5.32 Å². The normalized spacial score (nSPS) is 14.0. The average molecular weight is 734 g/mol. The van der Waals surface area contributed by atoms with Crippen molar-refractivity contribution in [2.75, 3.05) is 19.8 Å². The van der Waals surface area contributed by atoms with Crippen LogP contribution in [0.2, 0.25) is 0 Å². The highest BCUT2D eigenvalue weighted by Gasteiger charge is 2.28. The van der Waals surface area contributed by atoms with Crippen LogP contribution in [0, 0.1) is 0 Å². The highest BCUT2D eigenvalue weighted by molar-refractivity contribution is 7.47. The summed E-state index contributed by atoms with van der Waals surface area (Å²) in [6.07, 6.45) is 32.3. The molecule has 1 amide bonds. The van der Waals surface area contributed by atoms with E-state index in [2.05, 4.69) is 28.9 Å². The SMILES string of the molecule is CCCCCCCC/C=C/CCCCCCCCCCCCCCCC(=O)OCC(O)COP(=O)(O)OCC(NC(=O)CCCCC)C(=O)O. The fourth-order valence-corrected chi connectivity index (χ4v) is 6.20. The highest BCUT2D eigenvalue weighted by atomic mass is 31.2. The number of unbranched alkanes of at least 4 members (excludes halogenated alkanes) is 21. The Balaban J connectivity index is 3.68. The number of rotatable bonds is 37. The van der Waals surface area contributed by atoms with E-state index in [9.17, 15) is 34.1 Å². The van der Waals surface area contributed by atoms with Crippen molar-refractivity contribution in [2.45, 2.75) is 193 Å². The number of phosphoric acid groups is 1. The Morgan fingerprint density at radius 2 is 1.04 bits per heavy atom. The fourth-order valence-electron chi connectivity index (χ4n) is 5.43. The monoisotopic (exact) mass is 733 g/mol. The smallest absolute Gasteiger partial charge is 0.472 e. The molecule has 0 saturated carbocycles. The van der Waals surface area contributed by atoms with Gasteiger partial charge in [0.2, 0.25) is 5.91 Å². The first kappa shape index (κ1) is 48.2. The molecule has 294 valence electrons. The van der Waals surface area contributed by atoms with E-state index < -0.39 is 57.6 Å². The first-order valence-corrected chi connectivity index (χ1v) is 21.2. The number of esters is 1. The van der Waals surface area contributed by atoms with Gasteiger partial charge in [-0.15, -0.1) is 0 Å². The first-order chi connectivity index (χ1) is 24.1. The van der Waals surface area contributed by atoms with Crippen molar-refractivity contribution in [3.63, 3.8) is 0 Å². The molecule has 12 heteroatoms. The number of hydrogen-bond donors (Lipinski definition) is 4. The number of phosphoric ester groups is 1. The van der Waals surface area contributed by atoms with Gasteiger partial charge in [0.1, 0.15) is 12.7 Å². The predicted octanol–water partition coefficient (Wildman–Crippen LogP) is 9.33. The van der Waals surface area contributed by atoms with Gasteiger partial charge in [-0.1, -0.05) is 142 Å². The zero-order valence-electron chi connectivity index (χ0n) is 31.5. The number of amides is 1. The van der Waals surface area contributed by atoms with E-state index in [0.29, 0.717) is 12.8 Å². The minimum atomic E-state index is -4.73. The molecule has 50 heavy (non-hydrogen) atoms. The summed E-state index contributed by atoms with van der Waals surface area (Å²) >= 11 is 0. The lowest BCUT2D eigenvalue weighted by molar-refractivity contribution is -0.147. The lowest BCUT2D eigenvalue weighted by Gasteiger charge is -2.18. The number of aliphatic carboxylic acids is 1. The van der Waals surface area contributed by atoms with Crippen LogP contribution in [0.25, 0.3) is 0 Å². The lowest BCUT2D eigenvalue weighted by atomic mass is 10.0. The van der Waals surface area contributed by atoms with E-state index in [1.807, 2.05) is 6.92 Å². The molecule has 0 aliphatic heterocycles. The number of carboxylic acids is 1. The Hall–Kier alpha value is -1.78. The standard InChI is InChI=1S/C38H72NO10P/c1-3-5-7-8-9-10-11-12-13-14-15-16-17-18-19-20-21-22-23-24-25-26-28-30-37(42)47-31-34(40)32-48-50(45,46)49-33-35(38(43)44)39-36(41)29-27-6-4-2/h12-13,34-35,40H,3-11,14-33H2,1-2H3,(H,39,41)(H,43,44)(H,45,46)/b13-12+. The number of carboxylic acid groups (broad SMARTS) is 1. The highest BCUT2D eigenvalue weighted by Crippen LogP contribution is 2.43. The van der Waals surface area contributed by atoms with Crippen molar-refractivity contribution < 1.29 is 47.8 Å². The molecule has 0 aromatic heterocycles. The molecular weight excluding hydrogens is 661 g/mol. The maximum atomic E-state index is 12.1. The molecule has 3 atom stereocenters. The molecule has 0 radical (unpaired) electrons. The molecule has 0 heterocycles. The van der Waals surface area contributed by atoms with Gasteiger partial charge in [-0.25, -0.2) is 9.36 Å². The summed E-state index contributed by atoms with van der Waals surface area (Å²) in [5.74, 6) is -2.40. The van der Waals surface area contributed by atoms with Crippen molar-refractivity contribution in [1.29, 1.82) is 0 Å². The molecular formula is C38H72NO10P. The molecule has 0 aromatic carbocycles. The van der Waals surface area contributed by atoms with Gasteiger partial charge in [-0.05, 0) is 38.5 Å². The van der Waals surface area contributed by atoms with E-state index in [1.165, 1.54) is 109 Å². The van der Waals surface area contributed by atoms with E-state index in [-0.39, 0.29) is 12.8 Å². The number of carbonyl (C=O) groups is 3. The number of aliphatic hydroxyl groups excluding tert-OH is 1. The summed E-state index contributed by atoms with van der Waals surface area (Å²) < 4.78 is 26.5. The Labute approximate surface area is 303 Å². The maximum absolute atomic E-state index is 12.1. The second-order valence-electron chi connectivity index (χ2n) is 13.5. The minimum Gasteiger partial charge on any atom is -0.480 e. The molecule has 4 N–H and O–H groups in total. The van der Waals surface area contributed by atoms with Gasteiger partial charge in [0.25, 0.3) is 0 Å². The molecule has 0 aliphatic rings. The second-order valence-corrected chi connectivity index (χ2v) is 14.9. The van der Waals surface area contributed by atoms with Gasteiger partial charge in [-0.3, -0.25) is 18.6 Å². The van der Waals surface area contributed by atoms with Crippen molar-refractivity contribution in [1.82, 2.24) is 5.32 Å². The van der Waals surface area contributed by atoms with Crippen LogP contribution in [-0.4, -0.2) is 64.9 Å². The van der Waals surface area contributed by atoms with E-state index in [1.54, 1.807) is 0 Å². The molecule has 0 aliphatic carbocycles. The molecule has 0 saturated heterocycles.